The van der Waals surface area contributed by atoms with Gasteiger partial charge in [-0.2, -0.15) is 0 Å². The standard InChI is InChI=1S/C13H11BrClNO2/c1-16-5-4-9(6-13(16)17)8-18-12-3-2-10(15)7-11(12)14/h2-7H,8H2,1H3. The fraction of sp³-hybridized carbons (Fsp3) is 0.154. The Morgan fingerprint density at radius 2 is 2.11 bits per heavy atom. The summed E-state index contributed by atoms with van der Waals surface area (Å²) in [6.07, 6.45) is 1.72. The average Bonchev–Trinajstić information content (AvgIpc) is 2.32. The molecule has 2 rings (SSSR count). The van der Waals surface area contributed by atoms with Crippen LogP contribution in [0, 0.1) is 0 Å². The van der Waals surface area contributed by atoms with E-state index in [4.69, 9.17) is 16.3 Å². The highest BCUT2D eigenvalue weighted by molar-refractivity contribution is 9.10. The van der Waals surface area contributed by atoms with Crippen molar-refractivity contribution in [2.75, 3.05) is 0 Å². The van der Waals surface area contributed by atoms with Gasteiger partial charge in [0.25, 0.3) is 5.56 Å². The third-order valence-electron chi connectivity index (χ3n) is 2.46. The SMILES string of the molecule is Cn1ccc(COc2ccc(Cl)cc2Br)cc1=O. The van der Waals surface area contributed by atoms with E-state index in [-0.39, 0.29) is 5.56 Å². The lowest BCUT2D eigenvalue weighted by Gasteiger charge is -2.08. The molecule has 0 fully saturated rings. The molecule has 18 heavy (non-hydrogen) atoms. The van der Waals surface area contributed by atoms with Gasteiger partial charge in [-0.25, -0.2) is 0 Å². The zero-order valence-electron chi connectivity index (χ0n) is 9.69. The van der Waals surface area contributed by atoms with Crippen molar-refractivity contribution in [2.24, 2.45) is 7.05 Å². The number of halogens is 2. The molecular formula is C13H11BrClNO2. The Balaban J connectivity index is 2.11. The zero-order chi connectivity index (χ0) is 13.1. The first-order valence-corrected chi connectivity index (χ1v) is 6.47. The van der Waals surface area contributed by atoms with Gasteiger partial charge < -0.3 is 9.30 Å². The first-order valence-electron chi connectivity index (χ1n) is 5.29. The lowest BCUT2D eigenvalue weighted by atomic mass is 10.3. The molecular weight excluding hydrogens is 318 g/mol. The van der Waals surface area contributed by atoms with Crippen LogP contribution in [0.4, 0.5) is 0 Å². The summed E-state index contributed by atoms with van der Waals surface area (Å²) in [5, 5.41) is 0.641. The Kier molecular flexibility index (Phi) is 4.09. The smallest absolute Gasteiger partial charge is 0.250 e. The molecule has 5 heteroatoms. The molecule has 1 heterocycles. The number of nitrogens with zero attached hydrogens (tertiary/aromatic N) is 1. The fourth-order valence-corrected chi connectivity index (χ4v) is 2.23. The van der Waals surface area contributed by atoms with Gasteiger partial charge in [-0.05, 0) is 45.8 Å². The minimum Gasteiger partial charge on any atom is -0.488 e. The van der Waals surface area contributed by atoms with Gasteiger partial charge in [0.2, 0.25) is 0 Å². The summed E-state index contributed by atoms with van der Waals surface area (Å²) < 4.78 is 7.93. The van der Waals surface area contributed by atoms with Crippen LogP contribution in [0.1, 0.15) is 5.56 Å². The Hall–Kier alpha value is -1.26. The molecule has 0 N–H and O–H groups in total. The maximum absolute atomic E-state index is 11.4. The van der Waals surface area contributed by atoms with E-state index in [1.807, 2.05) is 6.07 Å². The summed E-state index contributed by atoms with van der Waals surface area (Å²) in [6.45, 7) is 0.344. The predicted molar refractivity (Wildman–Crippen MR) is 75.2 cm³/mol. The van der Waals surface area contributed by atoms with Crippen molar-refractivity contribution >= 4 is 27.5 Å². The largest absolute Gasteiger partial charge is 0.488 e. The van der Waals surface area contributed by atoms with Crippen LogP contribution in [-0.4, -0.2) is 4.57 Å². The summed E-state index contributed by atoms with van der Waals surface area (Å²) in [5.41, 5.74) is 0.784. The highest BCUT2D eigenvalue weighted by Gasteiger charge is 2.03. The van der Waals surface area contributed by atoms with Gasteiger partial charge in [-0.3, -0.25) is 4.79 Å². The minimum atomic E-state index is -0.0497. The maximum Gasteiger partial charge on any atom is 0.250 e. The molecule has 3 nitrogen and oxygen atoms in total. The molecule has 0 aliphatic heterocycles. The van der Waals surface area contributed by atoms with Gasteiger partial charge in [0.15, 0.2) is 0 Å². The van der Waals surface area contributed by atoms with Gasteiger partial charge in [-0.15, -0.1) is 0 Å². The van der Waals surface area contributed by atoms with Gasteiger partial charge >= 0.3 is 0 Å². The first-order chi connectivity index (χ1) is 8.56. The van der Waals surface area contributed by atoms with Crippen LogP contribution < -0.4 is 10.3 Å². The van der Waals surface area contributed by atoms with Gasteiger partial charge in [0, 0.05) is 24.3 Å². The molecule has 0 saturated heterocycles. The van der Waals surface area contributed by atoms with Crippen molar-refractivity contribution in [1.29, 1.82) is 0 Å². The van der Waals surface area contributed by atoms with Gasteiger partial charge in [0.05, 0.1) is 4.47 Å². The molecule has 0 aliphatic carbocycles. The first kappa shape index (κ1) is 13.2. The van der Waals surface area contributed by atoms with E-state index in [0.29, 0.717) is 17.4 Å². The normalized spacial score (nSPS) is 10.4. The molecule has 0 amide bonds. The number of rotatable bonds is 3. The molecule has 0 bridgehead atoms. The molecule has 1 aromatic carbocycles. The van der Waals surface area contributed by atoms with E-state index >= 15 is 0 Å². The Labute approximate surface area is 118 Å². The topological polar surface area (TPSA) is 31.2 Å². The molecule has 2 aromatic rings. The second-order valence-electron chi connectivity index (χ2n) is 3.85. The monoisotopic (exact) mass is 327 g/mol. The number of benzene rings is 1. The van der Waals surface area contributed by atoms with E-state index in [0.717, 1.165) is 10.0 Å². The van der Waals surface area contributed by atoms with Crippen LogP contribution >= 0.6 is 27.5 Å². The van der Waals surface area contributed by atoms with E-state index in [9.17, 15) is 4.79 Å². The number of aryl methyl sites for hydroxylation is 1. The van der Waals surface area contributed by atoms with Crippen molar-refractivity contribution in [3.8, 4) is 5.75 Å². The molecule has 0 radical (unpaired) electrons. The molecule has 0 aliphatic rings. The van der Waals surface area contributed by atoms with Crippen molar-refractivity contribution < 1.29 is 4.74 Å². The summed E-state index contributed by atoms with van der Waals surface area (Å²) in [4.78, 5) is 11.4. The second-order valence-corrected chi connectivity index (χ2v) is 5.14. The lowest BCUT2D eigenvalue weighted by Crippen LogP contribution is -2.15. The molecule has 94 valence electrons. The fourth-order valence-electron chi connectivity index (χ4n) is 1.43. The highest BCUT2D eigenvalue weighted by atomic mass is 79.9. The molecule has 0 saturated carbocycles. The van der Waals surface area contributed by atoms with Crippen molar-refractivity contribution in [3.05, 3.63) is 61.9 Å². The maximum atomic E-state index is 11.4. The van der Waals surface area contributed by atoms with Crippen LogP contribution in [0.3, 0.4) is 0 Å². The van der Waals surface area contributed by atoms with E-state index < -0.39 is 0 Å². The van der Waals surface area contributed by atoms with Crippen LogP contribution in [-0.2, 0) is 13.7 Å². The minimum absolute atomic E-state index is 0.0497. The number of hydrogen-bond donors (Lipinski definition) is 0. The van der Waals surface area contributed by atoms with Crippen molar-refractivity contribution in [3.63, 3.8) is 0 Å². The van der Waals surface area contributed by atoms with Gasteiger partial charge in [0.1, 0.15) is 12.4 Å². The quantitative estimate of drug-likeness (QED) is 0.865. The zero-order valence-corrected chi connectivity index (χ0v) is 12.0. The third kappa shape index (κ3) is 3.15. The van der Waals surface area contributed by atoms with Crippen LogP contribution in [0.5, 0.6) is 5.75 Å². The third-order valence-corrected chi connectivity index (χ3v) is 3.31. The number of pyridine rings is 1. The summed E-state index contributed by atoms with van der Waals surface area (Å²) in [5.74, 6) is 0.695. The Morgan fingerprint density at radius 3 is 2.78 bits per heavy atom. The number of ether oxygens (including phenoxy) is 1. The van der Waals surface area contributed by atoms with Crippen LogP contribution in [0.2, 0.25) is 5.02 Å². The second kappa shape index (κ2) is 5.59. The Bertz CT molecular complexity index is 625. The van der Waals surface area contributed by atoms with Gasteiger partial charge in [-0.1, -0.05) is 11.6 Å². The van der Waals surface area contributed by atoms with E-state index in [1.54, 1.807) is 37.5 Å². The average molecular weight is 329 g/mol. The summed E-state index contributed by atoms with van der Waals surface area (Å²) >= 11 is 9.21. The number of hydrogen-bond acceptors (Lipinski definition) is 2. The van der Waals surface area contributed by atoms with Crippen LogP contribution in [0.15, 0.2) is 45.8 Å². The summed E-state index contributed by atoms with van der Waals surface area (Å²) in [6, 6.07) is 8.72. The number of aromatic nitrogens is 1. The van der Waals surface area contributed by atoms with Crippen LogP contribution in [0.25, 0.3) is 0 Å². The molecule has 0 atom stereocenters. The van der Waals surface area contributed by atoms with Crippen molar-refractivity contribution in [1.82, 2.24) is 4.57 Å². The lowest BCUT2D eigenvalue weighted by molar-refractivity contribution is 0.304. The summed E-state index contributed by atoms with van der Waals surface area (Å²) in [7, 11) is 1.71. The predicted octanol–water partition coefficient (Wildman–Crippen LogP) is 3.38. The Morgan fingerprint density at radius 1 is 1.33 bits per heavy atom. The van der Waals surface area contributed by atoms with E-state index in [1.165, 1.54) is 4.57 Å². The van der Waals surface area contributed by atoms with E-state index in [2.05, 4.69) is 15.9 Å². The van der Waals surface area contributed by atoms with Crippen molar-refractivity contribution in [2.45, 2.75) is 6.61 Å². The highest BCUT2D eigenvalue weighted by Crippen LogP contribution is 2.28. The molecule has 0 spiro atoms. The molecule has 1 aromatic heterocycles. The molecule has 0 unspecified atom stereocenters.